The highest BCUT2D eigenvalue weighted by Crippen LogP contribution is 2.37. The van der Waals surface area contributed by atoms with E-state index in [2.05, 4.69) is 33.9 Å². The zero-order valence-corrected chi connectivity index (χ0v) is 12.3. The summed E-state index contributed by atoms with van der Waals surface area (Å²) in [6, 6.07) is 0. The van der Waals surface area contributed by atoms with E-state index in [9.17, 15) is 4.79 Å². The van der Waals surface area contributed by atoms with Gasteiger partial charge < -0.3 is 9.16 Å². The average Bonchev–Trinajstić information content (AvgIpc) is 2.41. The largest absolute Gasteiger partial charge is 0.460 e. The molecule has 1 saturated heterocycles. The fourth-order valence-electron chi connectivity index (χ4n) is 1.44. The fraction of sp³-hybridized carbons (Fsp3) is 0.917. The molecular formula is C12H24O3Si. The molecular weight excluding hydrogens is 220 g/mol. The van der Waals surface area contributed by atoms with Gasteiger partial charge in [-0.15, -0.1) is 0 Å². The first kappa shape index (κ1) is 13.7. The van der Waals surface area contributed by atoms with Gasteiger partial charge >= 0.3 is 5.97 Å². The normalized spacial score (nSPS) is 27.0. The predicted octanol–water partition coefficient (Wildman–Crippen LogP) is 2.96. The summed E-state index contributed by atoms with van der Waals surface area (Å²) in [5.41, 5.74) is 0. The second-order valence-corrected chi connectivity index (χ2v) is 11.1. The molecule has 1 fully saturated rings. The molecule has 0 aliphatic carbocycles. The number of carbonyl (C=O) groups is 1. The van der Waals surface area contributed by atoms with Crippen LogP contribution in [0.3, 0.4) is 0 Å². The van der Waals surface area contributed by atoms with Gasteiger partial charge in [-0.25, -0.2) is 0 Å². The van der Waals surface area contributed by atoms with Gasteiger partial charge in [0.1, 0.15) is 6.10 Å². The van der Waals surface area contributed by atoms with E-state index in [0.717, 1.165) is 6.42 Å². The lowest BCUT2D eigenvalue weighted by Gasteiger charge is -2.36. The Labute approximate surface area is 99.6 Å². The van der Waals surface area contributed by atoms with Crippen LogP contribution in [0.25, 0.3) is 0 Å². The van der Waals surface area contributed by atoms with E-state index < -0.39 is 8.32 Å². The van der Waals surface area contributed by atoms with Crippen LogP contribution in [0.5, 0.6) is 0 Å². The third-order valence-electron chi connectivity index (χ3n) is 3.74. The first-order chi connectivity index (χ1) is 7.13. The summed E-state index contributed by atoms with van der Waals surface area (Å²) in [6.45, 7) is 13.5. The number of hydrogen-bond acceptors (Lipinski definition) is 3. The van der Waals surface area contributed by atoms with Crippen LogP contribution in [0, 0.1) is 5.92 Å². The maximum Gasteiger partial charge on any atom is 0.309 e. The minimum atomic E-state index is -1.71. The molecule has 0 aromatic carbocycles. The molecule has 4 heteroatoms. The number of rotatable bonds is 3. The van der Waals surface area contributed by atoms with Gasteiger partial charge in [0.25, 0.3) is 0 Å². The van der Waals surface area contributed by atoms with Crippen molar-refractivity contribution in [3.63, 3.8) is 0 Å². The minimum Gasteiger partial charge on any atom is -0.460 e. The highest BCUT2D eigenvalue weighted by atomic mass is 28.4. The van der Waals surface area contributed by atoms with Crippen molar-refractivity contribution in [3.05, 3.63) is 0 Å². The standard InChI is InChI=1S/C12H24O3Si/c1-9-7-10(15-11(9)13)8-14-16(5,6)12(2,3)4/h9-10H,7-8H2,1-6H3/t9-,10-/m0/s1. The van der Waals surface area contributed by atoms with Crippen LogP contribution >= 0.6 is 0 Å². The van der Waals surface area contributed by atoms with Crippen molar-refractivity contribution in [3.8, 4) is 0 Å². The molecule has 0 aromatic rings. The molecule has 1 aliphatic rings. The molecule has 2 atom stereocenters. The van der Waals surface area contributed by atoms with Crippen molar-refractivity contribution in [1.82, 2.24) is 0 Å². The van der Waals surface area contributed by atoms with Crippen molar-refractivity contribution < 1.29 is 14.0 Å². The summed E-state index contributed by atoms with van der Waals surface area (Å²) in [4.78, 5) is 11.2. The molecule has 0 bridgehead atoms. The van der Waals surface area contributed by atoms with Gasteiger partial charge in [0.2, 0.25) is 0 Å². The number of carbonyl (C=O) groups excluding carboxylic acids is 1. The SMILES string of the molecule is C[C@H]1C[C@@H](CO[Si](C)(C)C(C)(C)C)OC1=O. The Morgan fingerprint density at radius 2 is 2.00 bits per heavy atom. The third kappa shape index (κ3) is 3.07. The second kappa shape index (κ2) is 4.49. The van der Waals surface area contributed by atoms with Crippen LogP contribution in [0.15, 0.2) is 0 Å². The van der Waals surface area contributed by atoms with Gasteiger partial charge in [-0.2, -0.15) is 0 Å². The summed E-state index contributed by atoms with van der Waals surface area (Å²) >= 11 is 0. The molecule has 1 aliphatic heterocycles. The van der Waals surface area contributed by atoms with Gasteiger partial charge in [0, 0.05) is 0 Å². The van der Waals surface area contributed by atoms with Crippen LogP contribution in [0.1, 0.15) is 34.1 Å². The second-order valence-electron chi connectivity index (χ2n) is 6.27. The summed E-state index contributed by atoms with van der Waals surface area (Å²) < 4.78 is 11.3. The number of ether oxygens (including phenoxy) is 1. The molecule has 0 spiro atoms. The third-order valence-corrected chi connectivity index (χ3v) is 8.24. The number of hydrogen-bond donors (Lipinski definition) is 0. The fourth-order valence-corrected chi connectivity index (χ4v) is 2.47. The number of cyclic esters (lactones) is 1. The molecule has 94 valence electrons. The Morgan fingerprint density at radius 3 is 2.38 bits per heavy atom. The predicted molar refractivity (Wildman–Crippen MR) is 66.8 cm³/mol. The smallest absolute Gasteiger partial charge is 0.309 e. The van der Waals surface area contributed by atoms with E-state index in [1.54, 1.807) is 0 Å². The van der Waals surface area contributed by atoms with Gasteiger partial charge in [0.05, 0.1) is 12.5 Å². The van der Waals surface area contributed by atoms with E-state index in [4.69, 9.17) is 9.16 Å². The molecule has 0 amide bonds. The molecule has 1 heterocycles. The Bertz CT molecular complexity index is 268. The molecule has 0 unspecified atom stereocenters. The maximum absolute atomic E-state index is 11.2. The summed E-state index contributed by atoms with van der Waals surface area (Å²) in [5, 5.41) is 0.210. The van der Waals surface area contributed by atoms with Crippen molar-refractivity contribution >= 4 is 14.3 Å². The Balaban J connectivity index is 2.44. The lowest BCUT2D eigenvalue weighted by Crippen LogP contribution is -2.42. The van der Waals surface area contributed by atoms with Crippen LogP contribution in [0.2, 0.25) is 18.1 Å². The molecule has 0 aromatic heterocycles. The quantitative estimate of drug-likeness (QED) is 0.565. The van der Waals surface area contributed by atoms with Crippen molar-refractivity contribution in [1.29, 1.82) is 0 Å². The molecule has 0 N–H and O–H groups in total. The van der Waals surface area contributed by atoms with E-state index in [0.29, 0.717) is 6.61 Å². The van der Waals surface area contributed by atoms with Crippen molar-refractivity contribution in [2.24, 2.45) is 5.92 Å². The highest BCUT2D eigenvalue weighted by molar-refractivity contribution is 6.74. The molecule has 0 radical (unpaired) electrons. The first-order valence-electron chi connectivity index (χ1n) is 5.98. The van der Waals surface area contributed by atoms with Crippen LogP contribution in [-0.2, 0) is 14.0 Å². The monoisotopic (exact) mass is 244 g/mol. The molecule has 16 heavy (non-hydrogen) atoms. The maximum atomic E-state index is 11.2. The van der Waals surface area contributed by atoms with Crippen molar-refractivity contribution in [2.75, 3.05) is 6.61 Å². The van der Waals surface area contributed by atoms with E-state index in [1.165, 1.54) is 0 Å². The van der Waals surface area contributed by atoms with Crippen molar-refractivity contribution in [2.45, 2.75) is 58.4 Å². The van der Waals surface area contributed by atoms with Gasteiger partial charge in [-0.1, -0.05) is 27.7 Å². The zero-order chi connectivity index (χ0) is 12.6. The highest BCUT2D eigenvalue weighted by Gasteiger charge is 2.39. The lowest BCUT2D eigenvalue weighted by atomic mass is 10.1. The van der Waals surface area contributed by atoms with Gasteiger partial charge in [-0.05, 0) is 24.6 Å². The topological polar surface area (TPSA) is 35.5 Å². The zero-order valence-electron chi connectivity index (χ0n) is 11.3. The first-order valence-corrected chi connectivity index (χ1v) is 8.89. The van der Waals surface area contributed by atoms with Gasteiger partial charge in [0.15, 0.2) is 8.32 Å². The molecule has 3 nitrogen and oxygen atoms in total. The average molecular weight is 244 g/mol. The number of esters is 1. The summed E-state index contributed by atoms with van der Waals surface area (Å²) in [7, 11) is -1.71. The van der Waals surface area contributed by atoms with Crippen LogP contribution in [-0.4, -0.2) is 27.0 Å². The van der Waals surface area contributed by atoms with E-state index in [-0.39, 0.29) is 23.0 Å². The minimum absolute atomic E-state index is 0.0309. The summed E-state index contributed by atoms with van der Waals surface area (Å²) in [6.07, 6.45) is 0.768. The summed E-state index contributed by atoms with van der Waals surface area (Å²) in [5.74, 6) is -0.0446. The van der Waals surface area contributed by atoms with Gasteiger partial charge in [-0.3, -0.25) is 4.79 Å². The van der Waals surface area contributed by atoms with Crippen LogP contribution in [0.4, 0.5) is 0 Å². The Kier molecular flexibility index (Phi) is 3.85. The Morgan fingerprint density at radius 1 is 1.44 bits per heavy atom. The van der Waals surface area contributed by atoms with Crippen LogP contribution < -0.4 is 0 Å². The Hall–Kier alpha value is -0.353. The van der Waals surface area contributed by atoms with E-state index >= 15 is 0 Å². The molecule has 0 saturated carbocycles. The molecule has 1 rings (SSSR count). The van der Waals surface area contributed by atoms with E-state index in [1.807, 2.05) is 6.92 Å². The lowest BCUT2D eigenvalue weighted by molar-refractivity contribution is -0.144.